The van der Waals surface area contributed by atoms with Crippen molar-refractivity contribution >= 4 is 17.4 Å². The Labute approximate surface area is 96.6 Å². The molecule has 0 aliphatic carbocycles. The molecule has 16 heavy (non-hydrogen) atoms. The van der Waals surface area contributed by atoms with E-state index in [0.717, 1.165) is 0 Å². The predicted molar refractivity (Wildman–Crippen MR) is 58.2 cm³/mol. The van der Waals surface area contributed by atoms with Crippen LogP contribution in [0.5, 0.6) is 0 Å². The van der Waals surface area contributed by atoms with Crippen LogP contribution in [0, 0.1) is 5.82 Å². The molecular weight excluding hydrogens is 231 g/mol. The summed E-state index contributed by atoms with van der Waals surface area (Å²) in [4.78, 5) is 11.7. The van der Waals surface area contributed by atoms with Gasteiger partial charge in [0.1, 0.15) is 12.1 Å². The Morgan fingerprint density at radius 2 is 2.19 bits per heavy atom. The van der Waals surface area contributed by atoms with E-state index in [1.165, 1.54) is 24.7 Å². The van der Waals surface area contributed by atoms with Gasteiger partial charge < -0.3 is 4.42 Å². The topological polar surface area (TPSA) is 30.2 Å². The summed E-state index contributed by atoms with van der Waals surface area (Å²) in [5.74, 6) is -0.630. The molecule has 0 aliphatic heterocycles. The molecule has 1 aromatic carbocycles. The monoisotopic (exact) mass is 238 g/mol. The Bertz CT molecular complexity index is 506. The van der Waals surface area contributed by atoms with E-state index in [2.05, 4.69) is 0 Å². The van der Waals surface area contributed by atoms with Gasteiger partial charge in [-0.3, -0.25) is 4.79 Å². The Balaban J connectivity index is 2.15. The maximum atomic E-state index is 13.1. The van der Waals surface area contributed by atoms with Gasteiger partial charge >= 0.3 is 0 Å². The first-order valence-electron chi connectivity index (χ1n) is 4.66. The van der Waals surface area contributed by atoms with E-state index in [1.54, 1.807) is 12.1 Å². The fourth-order valence-corrected chi connectivity index (χ4v) is 1.48. The van der Waals surface area contributed by atoms with Crippen LogP contribution in [0.15, 0.2) is 41.2 Å². The van der Waals surface area contributed by atoms with Crippen LogP contribution in [0.25, 0.3) is 0 Å². The first-order chi connectivity index (χ1) is 7.66. The molecule has 0 bridgehead atoms. The SMILES string of the molecule is O=C(Cc1ccc(Cl)c(F)c1)c1ccoc1. The highest BCUT2D eigenvalue weighted by atomic mass is 35.5. The minimum Gasteiger partial charge on any atom is -0.472 e. The van der Waals surface area contributed by atoms with Crippen molar-refractivity contribution in [3.63, 3.8) is 0 Å². The average molecular weight is 239 g/mol. The third kappa shape index (κ3) is 2.31. The first-order valence-corrected chi connectivity index (χ1v) is 5.04. The summed E-state index contributed by atoms with van der Waals surface area (Å²) in [5, 5.41) is 0.0551. The van der Waals surface area contributed by atoms with E-state index in [9.17, 15) is 9.18 Å². The van der Waals surface area contributed by atoms with Gasteiger partial charge in [-0.25, -0.2) is 4.39 Å². The Hall–Kier alpha value is -1.61. The molecule has 2 rings (SSSR count). The standard InChI is InChI=1S/C12H8ClFO2/c13-10-2-1-8(5-11(10)14)6-12(15)9-3-4-16-7-9/h1-5,7H,6H2. The molecule has 1 heterocycles. The van der Waals surface area contributed by atoms with Gasteiger partial charge in [0.15, 0.2) is 5.78 Å². The van der Waals surface area contributed by atoms with Crippen LogP contribution < -0.4 is 0 Å². The predicted octanol–water partition coefficient (Wildman–Crippen LogP) is 3.50. The maximum absolute atomic E-state index is 13.1. The second-order valence-electron chi connectivity index (χ2n) is 3.36. The lowest BCUT2D eigenvalue weighted by Gasteiger charge is -2.00. The van der Waals surface area contributed by atoms with Crippen LogP contribution in [0.4, 0.5) is 4.39 Å². The number of hydrogen-bond donors (Lipinski definition) is 0. The van der Waals surface area contributed by atoms with Gasteiger partial charge in [0.25, 0.3) is 0 Å². The molecule has 0 atom stereocenters. The fraction of sp³-hybridized carbons (Fsp3) is 0.0833. The van der Waals surface area contributed by atoms with Gasteiger partial charge in [-0.1, -0.05) is 17.7 Å². The summed E-state index contributed by atoms with van der Waals surface area (Å²) < 4.78 is 17.9. The number of ketones is 1. The van der Waals surface area contributed by atoms with Crippen molar-refractivity contribution in [1.29, 1.82) is 0 Å². The molecule has 0 spiro atoms. The molecule has 0 N–H and O–H groups in total. The molecule has 0 saturated carbocycles. The van der Waals surface area contributed by atoms with Crippen LogP contribution in [-0.4, -0.2) is 5.78 Å². The molecule has 0 unspecified atom stereocenters. The van der Waals surface area contributed by atoms with Crippen LogP contribution in [0.1, 0.15) is 15.9 Å². The van der Waals surface area contributed by atoms with Crippen molar-refractivity contribution in [2.45, 2.75) is 6.42 Å². The lowest BCUT2D eigenvalue weighted by molar-refractivity contribution is 0.0992. The maximum Gasteiger partial charge on any atom is 0.170 e. The van der Waals surface area contributed by atoms with Crippen molar-refractivity contribution in [3.8, 4) is 0 Å². The van der Waals surface area contributed by atoms with Crippen molar-refractivity contribution in [1.82, 2.24) is 0 Å². The normalized spacial score (nSPS) is 10.4. The highest BCUT2D eigenvalue weighted by molar-refractivity contribution is 6.30. The summed E-state index contributed by atoms with van der Waals surface area (Å²) >= 11 is 5.54. The van der Waals surface area contributed by atoms with Gasteiger partial charge in [0.05, 0.1) is 16.8 Å². The Kier molecular flexibility index (Phi) is 3.06. The van der Waals surface area contributed by atoms with E-state index in [0.29, 0.717) is 11.1 Å². The molecule has 4 heteroatoms. The molecule has 82 valence electrons. The van der Waals surface area contributed by atoms with Gasteiger partial charge in [-0.05, 0) is 23.8 Å². The van der Waals surface area contributed by atoms with E-state index in [1.807, 2.05) is 0 Å². The zero-order valence-electron chi connectivity index (χ0n) is 8.24. The lowest BCUT2D eigenvalue weighted by Crippen LogP contribution is -2.02. The van der Waals surface area contributed by atoms with E-state index in [-0.39, 0.29) is 17.2 Å². The average Bonchev–Trinajstić information content (AvgIpc) is 2.77. The molecule has 0 radical (unpaired) electrons. The summed E-state index contributed by atoms with van der Waals surface area (Å²) in [6.45, 7) is 0. The summed E-state index contributed by atoms with van der Waals surface area (Å²) in [6, 6.07) is 5.91. The number of carbonyl (C=O) groups excluding carboxylic acids is 1. The molecule has 0 fully saturated rings. The smallest absolute Gasteiger partial charge is 0.170 e. The largest absolute Gasteiger partial charge is 0.472 e. The third-order valence-electron chi connectivity index (χ3n) is 2.19. The van der Waals surface area contributed by atoms with E-state index in [4.69, 9.17) is 16.0 Å². The van der Waals surface area contributed by atoms with Crippen molar-refractivity contribution in [3.05, 3.63) is 58.8 Å². The first kappa shape index (κ1) is 10.9. The van der Waals surface area contributed by atoms with Crippen molar-refractivity contribution in [2.24, 2.45) is 0 Å². The summed E-state index contributed by atoms with van der Waals surface area (Å²) in [7, 11) is 0. The van der Waals surface area contributed by atoms with Gasteiger partial charge in [0.2, 0.25) is 0 Å². The Morgan fingerprint density at radius 1 is 1.38 bits per heavy atom. The molecule has 0 saturated heterocycles. The molecule has 0 amide bonds. The summed E-state index contributed by atoms with van der Waals surface area (Å²) in [5.41, 5.74) is 1.07. The number of Topliss-reactive ketones (excluding diaryl/α,β-unsaturated/α-hetero) is 1. The van der Waals surface area contributed by atoms with Crippen molar-refractivity contribution in [2.75, 3.05) is 0 Å². The lowest BCUT2D eigenvalue weighted by atomic mass is 10.1. The fourth-order valence-electron chi connectivity index (χ4n) is 1.36. The van der Waals surface area contributed by atoms with Crippen LogP contribution in [0.3, 0.4) is 0 Å². The molecule has 1 aromatic heterocycles. The highest BCUT2D eigenvalue weighted by Crippen LogP contribution is 2.17. The highest BCUT2D eigenvalue weighted by Gasteiger charge is 2.09. The number of furan rings is 1. The van der Waals surface area contributed by atoms with Crippen LogP contribution >= 0.6 is 11.6 Å². The van der Waals surface area contributed by atoms with E-state index < -0.39 is 5.82 Å². The minimum atomic E-state index is -0.515. The molecule has 2 nitrogen and oxygen atoms in total. The van der Waals surface area contributed by atoms with Crippen LogP contribution in [-0.2, 0) is 6.42 Å². The van der Waals surface area contributed by atoms with E-state index >= 15 is 0 Å². The summed E-state index contributed by atoms with van der Waals surface area (Å²) in [6.07, 6.45) is 2.93. The third-order valence-corrected chi connectivity index (χ3v) is 2.50. The number of hydrogen-bond acceptors (Lipinski definition) is 2. The molecule has 2 aromatic rings. The number of benzene rings is 1. The zero-order chi connectivity index (χ0) is 11.5. The molecular formula is C12H8ClFO2. The van der Waals surface area contributed by atoms with Gasteiger partial charge in [-0.2, -0.15) is 0 Å². The Morgan fingerprint density at radius 3 is 2.81 bits per heavy atom. The number of rotatable bonds is 3. The molecule has 0 aliphatic rings. The second-order valence-corrected chi connectivity index (χ2v) is 3.77. The van der Waals surface area contributed by atoms with Crippen molar-refractivity contribution < 1.29 is 13.6 Å². The van der Waals surface area contributed by atoms with Gasteiger partial charge in [-0.15, -0.1) is 0 Å². The van der Waals surface area contributed by atoms with Gasteiger partial charge in [0, 0.05) is 6.42 Å². The quantitative estimate of drug-likeness (QED) is 0.766. The number of carbonyl (C=O) groups is 1. The zero-order valence-corrected chi connectivity index (χ0v) is 9.00. The second kappa shape index (κ2) is 4.49. The number of halogens is 2. The van der Waals surface area contributed by atoms with Crippen LogP contribution in [0.2, 0.25) is 5.02 Å². The minimum absolute atomic E-state index is 0.0551.